The van der Waals surface area contributed by atoms with Gasteiger partial charge in [-0.3, -0.25) is 4.40 Å². The van der Waals surface area contributed by atoms with Gasteiger partial charge in [0.2, 0.25) is 0 Å². The third kappa shape index (κ3) is 2.75. The molecule has 3 aromatic rings. The zero-order valence-electron chi connectivity index (χ0n) is 12.0. The van der Waals surface area contributed by atoms with Crippen LogP contribution in [0.5, 0.6) is 0 Å². The molecular formula is C14H14N4O2S2. The van der Waals surface area contributed by atoms with Crippen molar-refractivity contribution in [2.24, 2.45) is 5.10 Å². The maximum Gasteiger partial charge on any atom is 0.276 e. The van der Waals surface area contributed by atoms with Crippen LogP contribution in [0.15, 0.2) is 45.8 Å². The summed E-state index contributed by atoms with van der Waals surface area (Å²) in [4.78, 5) is 7.62. The zero-order chi connectivity index (χ0) is 15.7. The molecule has 3 rings (SSSR count). The van der Waals surface area contributed by atoms with Gasteiger partial charge in [-0.05, 0) is 26.0 Å². The van der Waals surface area contributed by atoms with Crippen molar-refractivity contribution in [3.63, 3.8) is 0 Å². The molecule has 0 saturated heterocycles. The lowest BCUT2D eigenvalue weighted by molar-refractivity contribution is 0.584. The molecule has 0 aliphatic heterocycles. The highest BCUT2D eigenvalue weighted by molar-refractivity contribution is 7.89. The summed E-state index contributed by atoms with van der Waals surface area (Å²) in [6.07, 6.45) is 3.34. The topological polar surface area (TPSA) is 75.8 Å². The second kappa shape index (κ2) is 5.54. The van der Waals surface area contributed by atoms with Crippen LogP contribution in [0.1, 0.15) is 17.0 Å². The van der Waals surface area contributed by atoms with Gasteiger partial charge in [0.15, 0.2) is 4.96 Å². The van der Waals surface area contributed by atoms with Gasteiger partial charge in [0.05, 0.1) is 22.5 Å². The molecule has 0 saturated carbocycles. The number of hydrogen-bond acceptors (Lipinski definition) is 5. The largest absolute Gasteiger partial charge is 0.289 e. The summed E-state index contributed by atoms with van der Waals surface area (Å²) in [7, 11) is -3.66. The summed E-state index contributed by atoms with van der Waals surface area (Å²) in [6, 6.07) is 6.59. The van der Waals surface area contributed by atoms with E-state index in [1.807, 2.05) is 29.8 Å². The fraction of sp³-hybridized carbons (Fsp3) is 0.143. The van der Waals surface area contributed by atoms with Crippen molar-refractivity contribution in [1.29, 1.82) is 0 Å². The first-order chi connectivity index (χ1) is 10.5. The van der Waals surface area contributed by atoms with Gasteiger partial charge in [-0.15, -0.1) is 11.3 Å². The second-order valence-electron chi connectivity index (χ2n) is 4.80. The molecule has 0 amide bonds. The average Bonchev–Trinajstić information content (AvgIpc) is 3.02. The van der Waals surface area contributed by atoms with Crippen LogP contribution in [0.3, 0.4) is 0 Å². The Morgan fingerprint density at radius 3 is 2.73 bits per heavy atom. The number of nitrogens with one attached hydrogen (secondary N) is 1. The van der Waals surface area contributed by atoms with Gasteiger partial charge < -0.3 is 0 Å². The van der Waals surface area contributed by atoms with Crippen LogP contribution < -0.4 is 4.83 Å². The maximum atomic E-state index is 12.1. The third-order valence-corrected chi connectivity index (χ3v) is 5.17. The predicted octanol–water partition coefficient (Wildman–Crippen LogP) is 2.33. The maximum absolute atomic E-state index is 12.1. The number of nitrogens with zero attached hydrogens (tertiary/aromatic N) is 3. The van der Waals surface area contributed by atoms with E-state index in [2.05, 4.69) is 14.9 Å². The normalized spacial score (nSPS) is 12.3. The van der Waals surface area contributed by atoms with Gasteiger partial charge in [-0.2, -0.15) is 13.5 Å². The summed E-state index contributed by atoms with van der Waals surface area (Å²) < 4.78 is 26.1. The van der Waals surface area contributed by atoms with Crippen molar-refractivity contribution in [3.05, 3.63) is 52.8 Å². The molecule has 114 valence electrons. The molecule has 1 N–H and O–H groups in total. The van der Waals surface area contributed by atoms with E-state index in [1.165, 1.54) is 17.6 Å². The lowest BCUT2D eigenvalue weighted by Crippen LogP contribution is -2.18. The van der Waals surface area contributed by atoms with Crippen LogP contribution in [-0.2, 0) is 10.0 Å². The number of rotatable bonds is 4. The number of sulfonamides is 1. The molecule has 22 heavy (non-hydrogen) atoms. The molecule has 0 spiro atoms. The Morgan fingerprint density at radius 2 is 2.00 bits per heavy atom. The Kier molecular flexibility index (Phi) is 3.71. The minimum Gasteiger partial charge on any atom is -0.289 e. The molecule has 2 aromatic heterocycles. The van der Waals surface area contributed by atoms with E-state index < -0.39 is 10.0 Å². The van der Waals surface area contributed by atoms with E-state index in [9.17, 15) is 8.42 Å². The number of hydrazone groups is 1. The van der Waals surface area contributed by atoms with Crippen molar-refractivity contribution in [1.82, 2.24) is 14.2 Å². The molecule has 0 bridgehead atoms. The molecule has 0 aliphatic carbocycles. The standard InChI is InChI=1S/C14H14N4O2S2/c1-10-3-5-12(6-4-10)22(19,20)17-15-9-13-11(2)16-14-18(13)7-8-21-14/h3-9,17H,1-2H3/b15-9+. The fourth-order valence-corrected chi connectivity index (χ4v) is 3.55. The molecule has 0 aliphatic rings. The first-order valence-electron chi connectivity index (χ1n) is 6.51. The van der Waals surface area contributed by atoms with Gasteiger partial charge in [0.1, 0.15) is 0 Å². The van der Waals surface area contributed by atoms with E-state index in [4.69, 9.17) is 0 Å². The van der Waals surface area contributed by atoms with Crippen molar-refractivity contribution in [3.8, 4) is 0 Å². The Bertz CT molecular complexity index is 937. The molecule has 1 aromatic carbocycles. The number of hydrogen-bond donors (Lipinski definition) is 1. The summed E-state index contributed by atoms with van der Waals surface area (Å²) in [6.45, 7) is 3.76. The molecule has 8 heteroatoms. The number of benzene rings is 1. The Balaban J connectivity index is 1.83. The smallest absolute Gasteiger partial charge is 0.276 e. The highest BCUT2D eigenvalue weighted by atomic mass is 32.2. The average molecular weight is 334 g/mol. The second-order valence-corrected chi connectivity index (χ2v) is 7.34. The zero-order valence-corrected chi connectivity index (χ0v) is 13.6. The quantitative estimate of drug-likeness (QED) is 0.588. The molecular weight excluding hydrogens is 320 g/mol. The number of imidazole rings is 1. The first kappa shape index (κ1) is 14.7. The van der Waals surface area contributed by atoms with Crippen molar-refractivity contribution in [2.45, 2.75) is 18.7 Å². The van der Waals surface area contributed by atoms with E-state index in [0.29, 0.717) is 0 Å². The SMILES string of the molecule is Cc1ccc(S(=O)(=O)N/N=C/c2c(C)nc3sccn23)cc1. The fourth-order valence-electron chi connectivity index (χ4n) is 1.99. The third-order valence-electron chi connectivity index (χ3n) is 3.17. The van der Waals surface area contributed by atoms with Gasteiger partial charge in [-0.1, -0.05) is 17.7 Å². The monoisotopic (exact) mass is 334 g/mol. The Hall–Kier alpha value is -2.19. The molecule has 0 fully saturated rings. The Labute approximate surface area is 132 Å². The molecule has 0 radical (unpaired) electrons. The summed E-state index contributed by atoms with van der Waals surface area (Å²) in [5.41, 5.74) is 2.55. The van der Waals surface area contributed by atoms with Crippen molar-refractivity contribution >= 4 is 32.5 Å². The van der Waals surface area contributed by atoms with Crippen LogP contribution in [0, 0.1) is 13.8 Å². The van der Waals surface area contributed by atoms with E-state index >= 15 is 0 Å². The van der Waals surface area contributed by atoms with Gasteiger partial charge >= 0.3 is 0 Å². The van der Waals surface area contributed by atoms with Crippen molar-refractivity contribution < 1.29 is 8.42 Å². The summed E-state index contributed by atoms with van der Waals surface area (Å²) >= 11 is 1.51. The van der Waals surface area contributed by atoms with Crippen LogP contribution in [0.4, 0.5) is 0 Å². The minimum atomic E-state index is -3.66. The first-order valence-corrected chi connectivity index (χ1v) is 8.87. The number of thiazole rings is 1. The molecule has 6 nitrogen and oxygen atoms in total. The summed E-state index contributed by atoms with van der Waals surface area (Å²) in [5, 5.41) is 5.77. The van der Waals surface area contributed by atoms with Gasteiger partial charge in [0.25, 0.3) is 10.0 Å². The highest BCUT2D eigenvalue weighted by Gasteiger charge is 2.12. The van der Waals surface area contributed by atoms with Gasteiger partial charge in [0, 0.05) is 11.6 Å². The minimum absolute atomic E-state index is 0.181. The van der Waals surface area contributed by atoms with Crippen molar-refractivity contribution in [2.75, 3.05) is 0 Å². The number of aryl methyl sites for hydroxylation is 2. The number of fused-ring (bicyclic) bond motifs is 1. The van der Waals surface area contributed by atoms with E-state index in [-0.39, 0.29) is 4.90 Å². The highest BCUT2D eigenvalue weighted by Crippen LogP contribution is 2.15. The molecule has 0 atom stereocenters. The summed E-state index contributed by atoms with van der Waals surface area (Å²) in [5.74, 6) is 0. The van der Waals surface area contributed by atoms with E-state index in [0.717, 1.165) is 21.9 Å². The number of aromatic nitrogens is 2. The van der Waals surface area contributed by atoms with Crippen LogP contribution in [-0.4, -0.2) is 24.0 Å². The van der Waals surface area contributed by atoms with Gasteiger partial charge in [-0.25, -0.2) is 9.82 Å². The van der Waals surface area contributed by atoms with Crippen LogP contribution >= 0.6 is 11.3 Å². The predicted molar refractivity (Wildman–Crippen MR) is 86.9 cm³/mol. The van der Waals surface area contributed by atoms with E-state index in [1.54, 1.807) is 24.3 Å². The molecule has 2 heterocycles. The lowest BCUT2D eigenvalue weighted by Gasteiger charge is -2.03. The lowest BCUT2D eigenvalue weighted by atomic mass is 10.2. The van der Waals surface area contributed by atoms with Crippen LogP contribution in [0.25, 0.3) is 4.96 Å². The molecule has 0 unspecified atom stereocenters. The van der Waals surface area contributed by atoms with Crippen LogP contribution in [0.2, 0.25) is 0 Å². The Morgan fingerprint density at radius 1 is 1.27 bits per heavy atom.